The van der Waals surface area contributed by atoms with Gasteiger partial charge in [-0.3, -0.25) is 19.3 Å². The van der Waals surface area contributed by atoms with Crippen LogP contribution in [-0.4, -0.2) is 42.4 Å². The highest BCUT2D eigenvalue weighted by Gasteiger charge is 2.37. The average molecular weight is 345 g/mol. The molecule has 2 rings (SSSR count). The highest BCUT2D eigenvalue weighted by atomic mass is 79.9. The van der Waals surface area contributed by atoms with Crippen molar-refractivity contribution < 1.29 is 23.9 Å². The Bertz CT molecular complexity index is 605. The zero-order chi connectivity index (χ0) is 14.9. The predicted octanol–water partition coefficient (Wildman–Crippen LogP) is 0.226. The van der Waals surface area contributed by atoms with E-state index in [0.717, 1.165) is 11.0 Å². The summed E-state index contributed by atoms with van der Waals surface area (Å²) in [6, 6.07) is 2.25. The smallest absolute Gasteiger partial charge is 0.299 e. The fourth-order valence-electron chi connectivity index (χ4n) is 1.84. The first-order chi connectivity index (χ1) is 9.45. The third-order valence-electron chi connectivity index (χ3n) is 2.75. The molecule has 0 saturated carbocycles. The molecule has 0 radical (unpaired) electrons. The van der Waals surface area contributed by atoms with Gasteiger partial charge < -0.3 is 10.4 Å². The summed E-state index contributed by atoms with van der Waals surface area (Å²) in [6.45, 7) is -0.605. The lowest BCUT2D eigenvalue weighted by atomic mass is 10.1. The van der Waals surface area contributed by atoms with E-state index in [9.17, 15) is 18.8 Å². The van der Waals surface area contributed by atoms with Crippen LogP contribution in [0.3, 0.4) is 0 Å². The minimum atomic E-state index is -0.878. The molecule has 0 atom stereocenters. The lowest BCUT2D eigenvalue weighted by molar-refractivity contribution is -0.122. The van der Waals surface area contributed by atoms with Crippen molar-refractivity contribution in [3.8, 4) is 0 Å². The number of carbonyl (C=O) groups is 3. The Morgan fingerprint density at radius 2 is 2.10 bits per heavy atom. The Labute approximate surface area is 121 Å². The van der Waals surface area contributed by atoms with E-state index in [-0.39, 0.29) is 28.9 Å². The quantitative estimate of drug-likeness (QED) is 0.765. The number of rotatable bonds is 4. The van der Waals surface area contributed by atoms with Crippen molar-refractivity contribution in [1.29, 1.82) is 0 Å². The Kier molecular flexibility index (Phi) is 4.15. The Balaban J connectivity index is 2.28. The largest absolute Gasteiger partial charge is 0.395 e. The fourth-order valence-corrected chi connectivity index (χ4v) is 2.18. The second-order valence-corrected chi connectivity index (χ2v) is 4.93. The van der Waals surface area contributed by atoms with Gasteiger partial charge in [0.05, 0.1) is 22.3 Å². The number of benzene rings is 1. The van der Waals surface area contributed by atoms with Crippen LogP contribution in [0.25, 0.3) is 0 Å². The van der Waals surface area contributed by atoms with Crippen LogP contribution in [0.4, 0.5) is 10.1 Å². The molecular formula is C12H10BrFN2O4. The third kappa shape index (κ3) is 2.56. The minimum Gasteiger partial charge on any atom is -0.395 e. The zero-order valence-electron chi connectivity index (χ0n) is 10.2. The molecule has 6 nitrogen and oxygen atoms in total. The van der Waals surface area contributed by atoms with Crippen LogP contribution < -0.4 is 10.2 Å². The Morgan fingerprint density at radius 3 is 2.75 bits per heavy atom. The van der Waals surface area contributed by atoms with E-state index in [4.69, 9.17) is 5.11 Å². The summed E-state index contributed by atoms with van der Waals surface area (Å²) in [7, 11) is 0. The monoisotopic (exact) mass is 344 g/mol. The van der Waals surface area contributed by atoms with Gasteiger partial charge in [-0.05, 0) is 28.1 Å². The van der Waals surface area contributed by atoms with Crippen LogP contribution in [0.2, 0.25) is 0 Å². The number of aliphatic hydroxyl groups excluding tert-OH is 1. The highest BCUT2D eigenvalue weighted by Crippen LogP contribution is 2.32. The number of amides is 2. The number of halogens is 2. The van der Waals surface area contributed by atoms with E-state index in [1.807, 2.05) is 0 Å². The van der Waals surface area contributed by atoms with Gasteiger partial charge in [0, 0.05) is 6.54 Å². The molecule has 0 fully saturated rings. The fraction of sp³-hybridized carbons (Fsp3) is 0.250. The van der Waals surface area contributed by atoms with Gasteiger partial charge in [-0.15, -0.1) is 0 Å². The number of hydrogen-bond donors (Lipinski definition) is 2. The van der Waals surface area contributed by atoms with Crippen LogP contribution in [0.1, 0.15) is 10.4 Å². The lowest BCUT2D eigenvalue weighted by Gasteiger charge is -2.16. The lowest BCUT2D eigenvalue weighted by Crippen LogP contribution is -2.40. The van der Waals surface area contributed by atoms with Crippen molar-refractivity contribution >= 4 is 39.2 Å². The Hall–Kier alpha value is -1.80. The first-order valence-corrected chi connectivity index (χ1v) is 6.47. The molecule has 8 heteroatoms. The second kappa shape index (κ2) is 5.68. The van der Waals surface area contributed by atoms with E-state index < -0.39 is 30.0 Å². The maximum absolute atomic E-state index is 13.5. The van der Waals surface area contributed by atoms with E-state index in [0.29, 0.717) is 0 Å². The Morgan fingerprint density at radius 1 is 1.40 bits per heavy atom. The third-order valence-corrected chi connectivity index (χ3v) is 3.36. The molecule has 0 spiro atoms. The van der Waals surface area contributed by atoms with Crippen LogP contribution in [0, 0.1) is 5.82 Å². The second-order valence-electron chi connectivity index (χ2n) is 4.08. The van der Waals surface area contributed by atoms with Crippen LogP contribution in [0.15, 0.2) is 16.6 Å². The molecular weight excluding hydrogens is 335 g/mol. The molecule has 1 aromatic rings. The summed E-state index contributed by atoms with van der Waals surface area (Å²) >= 11 is 2.94. The molecule has 0 aliphatic carbocycles. The molecule has 20 heavy (non-hydrogen) atoms. The summed E-state index contributed by atoms with van der Waals surface area (Å²) in [5, 5.41) is 10.9. The van der Waals surface area contributed by atoms with Crippen molar-refractivity contribution in [1.82, 2.24) is 5.32 Å². The molecule has 0 saturated heterocycles. The molecule has 0 aromatic heterocycles. The summed E-state index contributed by atoms with van der Waals surface area (Å²) in [5.74, 6) is -2.84. The molecule has 106 valence electrons. The van der Waals surface area contributed by atoms with Crippen molar-refractivity contribution in [2.24, 2.45) is 0 Å². The number of fused-ring (bicyclic) bond motifs is 1. The molecule has 0 unspecified atom stereocenters. The maximum Gasteiger partial charge on any atom is 0.299 e. The molecule has 1 aliphatic heterocycles. The summed E-state index contributed by atoms with van der Waals surface area (Å²) in [5.41, 5.74) is 0.123. The van der Waals surface area contributed by atoms with Gasteiger partial charge in [0.15, 0.2) is 0 Å². The van der Waals surface area contributed by atoms with Crippen LogP contribution in [0.5, 0.6) is 0 Å². The van der Waals surface area contributed by atoms with Gasteiger partial charge >= 0.3 is 0 Å². The van der Waals surface area contributed by atoms with Crippen molar-refractivity contribution in [3.05, 3.63) is 28.0 Å². The number of nitrogens with zero attached hydrogens (tertiary/aromatic N) is 1. The summed E-state index contributed by atoms with van der Waals surface area (Å²) in [4.78, 5) is 36.0. The molecule has 1 aromatic carbocycles. The highest BCUT2D eigenvalue weighted by molar-refractivity contribution is 9.10. The number of Topliss-reactive ketones (excluding diaryl/α,β-unsaturated/α-hetero) is 1. The normalized spacial score (nSPS) is 13.7. The number of aliphatic hydroxyl groups is 1. The summed E-state index contributed by atoms with van der Waals surface area (Å²) < 4.78 is 13.6. The number of nitrogens with one attached hydrogen (secondary N) is 1. The van der Waals surface area contributed by atoms with Gasteiger partial charge in [0.2, 0.25) is 5.91 Å². The number of carbonyl (C=O) groups excluding carboxylic acids is 3. The number of hydrogen-bond acceptors (Lipinski definition) is 4. The van der Waals surface area contributed by atoms with E-state index in [1.54, 1.807) is 0 Å². The van der Waals surface area contributed by atoms with Crippen molar-refractivity contribution in [2.75, 3.05) is 24.6 Å². The first-order valence-electron chi connectivity index (χ1n) is 5.68. The van der Waals surface area contributed by atoms with Gasteiger partial charge in [0.25, 0.3) is 11.7 Å². The topological polar surface area (TPSA) is 86.7 Å². The van der Waals surface area contributed by atoms with Crippen LogP contribution >= 0.6 is 15.9 Å². The van der Waals surface area contributed by atoms with Gasteiger partial charge in [-0.2, -0.15) is 0 Å². The van der Waals surface area contributed by atoms with E-state index in [2.05, 4.69) is 21.2 Å². The average Bonchev–Trinajstić information content (AvgIpc) is 2.63. The number of ketones is 1. The van der Waals surface area contributed by atoms with Gasteiger partial charge in [0.1, 0.15) is 12.4 Å². The predicted molar refractivity (Wildman–Crippen MR) is 70.9 cm³/mol. The van der Waals surface area contributed by atoms with Crippen LogP contribution in [-0.2, 0) is 9.59 Å². The molecule has 0 bridgehead atoms. The maximum atomic E-state index is 13.5. The summed E-state index contributed by atoms with van der Waals surface area (Å²) in [6.07, 6.45) is 0. The van der Waals surface area contributed by atoms with E-state index in [1.165, 1.54) is 6.07 Å². The SMILES string of the molecule is O=C(CN1C(=O)C(=O)c2cc(Br)c(F)cc21)NCCO. The molecule has 2 N–H and O–H groups in total. The van der Waals surface area contributed by atoms with Gasteiger partial charge in [-0.1, -0.05) is 0 Å². The van der Waals surface area contributed by atoms with Crippen molar-refractivity contribution in [3.63, 3.8) is 0 Å². The standard InChI is InChI=1S/C12H10BrFN2O4/c13-7-3-6-9(4-8(7)14)16(12(20)11(6)19)5-10(18)15-1-2-17/h3-4,17H,1-2,5H2,(H,15,18). The molecule has 2 amide bonds. The molecule has 1 aliphatic rings. The first kappa shape index (κ1) is 14.6. The van der Waals surface area contributed by atoms with Gasteiger partial charge in [-0.25, -0.2) is 4.39 Å². The zero-order valence-corrected chi connectivity index (χ0v) is 11.7. The number of anilines is 1. The molecule has 1 heterocycles. The van der Waals surface area contributed by atoms with Crippen molar-refractivity contribution in [2.45, 2.75) is 0 Å². The minimum absolute atomic E-state index is 0.0381. The van der Waals surface area contributed by atoms with E-state index >= 15 is 0 Å².